The van der Waals surface area contributed by atoms with Crippen molar-refractivity contribution in [2.45, 2.75) is 13.3 Å². The molecule has 0 bridgehead atoms. The van der Waals surface area contributed by atoms with Crippen LogP contribution in [0.2, 0.25) is 0 Å². The molecule has 0 fully saturated rings. The summed E-state index contributed by atoms with van der Waals surface area (Å²) in [5, 5.41) is 0. The highest BCUT2D eigenvalue weighted by atomic mass is 15.1. The third kappa shape index (κ3) is 1.90. The van der Waals surface area contributed by atoms with Crippen molar-refractivity contribution in [2.75, 3.05) is 5.73 Å². The lowest BCUT2D eigenvalue weighted by atomic mass is 10.1. The Labute approximate surface area is 104 Å². The van der Waals surface area contributed by atoms with Gasteiger partial charge in [0, 0.05) is 6.42 Å². The van der Waals surface area contributed by atoms with Crippen LogP contribution in [-0.2, 0) is 6.42 Å². The minimum atomic E-state index is 0.261. The molecule has 0 radical (unpaired) electrons. The number of anilines is 1. The Morgan fingerprint density at radius 2 is 1.94 bits per heavy atom. The van der Waals surface area contributed by atoms with Crippen molar-refractivity contribution in [3.8, 4) is 0 Å². The molecule has 90 valence electrons. The normalized spacial score (nSPS) is 10.9. The van der Waals surface area contributed by atoms with Crippen LogP contribution in [0.4, 0.5) is 5.95 Å². The third-order valence-electron chi connectivity index (χ3n) is 2.87. The van der Waals surface area contributed by atoms with Crippen LogP contribution in [0.3, 0.4) is 0 Å². The minimum Gasteiger partial charge on any atom is -0.368 e. The lowest BCUT2D eigenvalue weighted by molar-refractivity contribution is 1.06. The second-order valence-corrected chi connectivity index (χ2v) is 4.29. The van der Waals surface area contributed by atoms with Gasteiger partial charge in [0.1, 0.15) is 5.52 Å². The van der Waals surface area contributed by atoms with E-state index < -0.39 is 0 Å². The summed E-state index contributed by atoms with van der Waals surface area (Å²) < 4.78 is 0. The molecule has 3 rings (SSSR count). The highest BCUT2D eigenvalue weighted by molar-refractivity contribution is 5.74. The number of nitrogens with zero attached hydrogens (tertiary/aromatic N) is 3. The summed E-state index contributed by atoms with van der Waals surface area (Å²) in [6.07, 6.45) is 2.32. The number of hydrogen-bond acceptors (Lipinski definition) is 4. The van der Waals surface area contributed by atoms with Gasteiger partial charge >= 0.3 is 0 Å². The third-order valence-corrected chi connectivity index (χ3v) is 2.87. The molecule has 1 aromatic carbocycles. The van der Waals surface area contributed by atoms with Crippen LogP contribution in [0.25, 0.3) is 11.2 Å². The van der Waals surface area contributed by atoms with Crippen molar-refractivity contribution < 1.29 is 0 Å². The van der Waals surface area contributed by atoms with Gasteiger partial charge in [-0.3, -0.25) is 0 Å². The summed E-state index contributed by atoms with van der Waals surface area (Å²) >= 11 is 0. The molecule has 0 amide bonds. The number of nitrogen functional groups attached to an aromatic ring is 1. The zero-order chi connectivity index (χ0) is 12.5. The fourth-order valence-electron chi connectivity index (χ4n) is 1.94. The number of aromatic nitrogens is 4. The molecule has 0 saturated heterocycles. The number of imidazole rings is 1. The summed E-state index contributed by atoms with van der Waals surface area (Å²) in [5.41, 5.74) is 10.5. The SMILES string of the molecule is Cc1ccc(Cc2nc(N)nc3nc[nH]c23)cc1. The van der Waals surface area contributed by atoms with Gasteiger partial charge in [-0.15, -0.1) is 0 Å². The Hall–Kier alpha value is -2.43. The largest absolute Gasteiger partial charge is 0.368 e. The molecule has 2 aromatic heterocycles. The predicted octanol–water partition coefficient (Wildman–Crippen LogP) is 1.83. The maximum Gasteiger partial charge on any atom is 0.222 e. The van der Waals surface area contributed by atoms with Gasteiger partial charge in [0.15, 0.2) is 5.65 Å². The molecule has 0 spiro atoms. The van der Waals surface area contributed by atoms with Crippen LogP contribution in [-0.4, -0.2) is 19.9 Å². The van der Waals surface area contributed by atoms with E-state index >= 15 is 0 Å². The topological polar surface area (TPSA) is 80.5 Å². The first kappa shape index (κ1) is 10.7. The molecule has 0 atom stereocenters. The minimum absolute atomic E-state index is 0.261. The van der Waals surface area contributed by atoms with E-state index in [4.69, 9.17) is 5.73 Å². The molecular weight excluding hydrogens is 226 g/mol. The van der Waals surface area contributed by atoms with Crippen LogP contribution in [0.5, 0.6) is 0 Å². The molecule has 0 aliphatic heterocycles. The Morgan fingerprint density at radius 3 is 2.72 bits per heavy atom. The fourth-order valence-corrected chi connectivity index (χ4v) is 1.94. The molecule has 18 heavy (non-hydrogen) atoms. The Kier molecular flexibility index (Phi) is 2.44. The van der Waals surface area contributed by atoms with Crippen LogP contribution in [0.15, 0.2) is 30.6 Å². The number of aryl methyl sites for hydroxylation is 1. The zero-order valence-corrected chi connectivity index (χ0v) is 10.0. The summed E-state index contributed by atoms with van der Waals surface area (Å²) in [7, 11) is 0. The van der Waals surface area contributed by atoms with E-state index in [1.165, 1.54) is 11.1 Å². The van der Waals surface area contributed by atoms with Gasteiger partial charge in [-0.1, -0.05) is 29.8 Å². The number of benzene rings is 1. The Bertz CT molecular complexity index is 684. The molecule has 0 aliphatic carbocycles. The van der Waals surface area contributed by atoms with Gasteiger partial charge in [0.25, 0.3) is 0 Å². The summed E-state index contributed by atoms with van der Waals surface area (Å²) in [5.74, 6) is 0.261. The van der Waals surface area contributed by atoms with Crippen LogP contribution in [0, 0.1) is 6.92 Å². The van der Waals surface area contributed by atoms with E-state index in [-0.39, 0.29) is 5.95 Å². The maximum absolute atomic E-state index is 5.69. The number of aromatic amines is 1. The first-order valence-electron chi connectivity index (χ1n) is 5.73. The van der Waals surface area contributed by atoms with Crippen LogP contribution >= 0.6 is 0 Å². The van der Waals surface area contributed by atoms with Crippen molar-refractivity contribution in [3.63, 3.8) is 0 Å². The number of nitrogens with one attached hydrogen (secondary N) is 1. The number of nitrogens with two attached hydrogens (primary N) is 1. The van der Waals surface area contributed by atoms with E-state index in [1.807, 2.05) is 0 Å². The maximum atomic E-state index is 5.69. The number of rotatable bonds is 2. The molecule has 0 saturated carbocycles. The van der Waals surface area contributed by atoms with Gasteiger partial charge < -0.3 is 10.7 Å². The molecule has 5 nitrogen and oxygen atoms in total. The number of hydrogen-bond donors (Lipinski definition) is 2. The van der Waals surface area contributed by atoms with Gasteiger partial charge in [-0.2, -0.15) is 4.98 Å². The molecule has 2 heterocycles. The van der Waals surface area contributed by atoms with E-state index in [0.29, 0.717) is 12.1 Å². The van der Waals surface area contributed by atoms with Gasteiger partial charge in [-0.25, -0.2) is 9.97 Å². The summed E-state index contributed by atoms with van der Waals surface area (Å²) in [6, 6.07) is 8.36. The van der Waals surface area contributed by atoms with E-state index in [1.54, 1.807) is 6.33 Å². The van der Waals surface area contributed by atoms with Crippen molar-refractivity contribution in [1.29, 1.82) is 0 Å². The standard InChI is InChI=1S/C13H13N5/c1-8-2-4-9(5-3-8)6-10-11-12(16-7-15-11)18-13(14)17-10/h2-5,7H,6H2,1H3,(H3,14,15,16,17,18). The van der Waals surface area contributed by atoms with Gasteiger partial charge in [0.05, 0.1) is 12.0 Å². The van der Waals surface area contributed by atoms with Crippen molar-refractivity contribution in [2.24, 2.45) is 0 Å². The summed E-state index contributed by atoms with van der Waals surface area (Å²) in [4.78, 5) is 15.5. The zero-order valence-electron chi connectivity index (χ0n) is 10.0. The molecule has 3 N–H and O–H groups in total. The fraction of sp³-hybridized carbons (Fsp3) is 0.154. The Balaban J connectivity index is 2.03. The molecule has 5 heteroatoms. The van der Waals surface area contributed by atoms with Crippen molar-refractivity contribution >= 4 is 17.1 Å². The molecule has 0 aliphatic rings. The second-order valence-electron chi connectivity index (χ2n) is 4.29. The summed E-state index contributed by atoms with van der Waals surface area (Å²) in [6.45, 7) is 2.07. The predicted molar refractivity (Wildman–Crippen MR) is 70.1 cm³/mol. The number of H-pyrrole nitrogens is 1. The van der Waals surface area contributed by atoms with Gasteiger partial charge in [-0.05, 0) is 12.5 Å². The smallest absolute Gasteiger partial charge is 0.222 e. The number of fused-ring (bicyclic) bond motifs is 1. The first-order chi connectivity index (χ1) is 8.72. The van der Waals surface area contributed by atoms with Crippen LogP contribution < -0.4 is 5.73 Å². The van der Waals surface area contributed by atoms with Crippen LogP contribution in [0.1, 0.15) is 16.8 Å². The van der Waals surface area contributed by atoms with E-state index in [2.05, 4.69) is 51.1 Å². The average Bonchev–Trinajstić information content (AvgIpc) is 2.80. The second kappa shape index (κ2) is 4.10. The lowest BCUT2D eigenvalue weighted by Gasteiger charge is -2.04. The molecule has 0 unspecified atom stereocenters. The molecule has 3 aromatic rings. The highest BCUT2D eigenvalue weighted by Crippen LogP contribution is 2.16. The monoisotopic (exact) mass is 239 g/mol. The van der Waals surface area contributed by atoms with Crippen molar-refractivity contribution in [3.05, 3.63) is 47.4 Å². The average molecular weight is 239 g/mol. The highest BCUT2D eigenvalue weighted by Gasteiger charge is 2.08. The van der Waals surface area contributed by atoms with E-state index in [9.17, 15) is 0 Å². The first-order valence-corrected chi connectivity index (χ1v) is 5.73. The lowest BCUT2D eigenvalue weighted by Crippen LogP contribution is -2.01. The van der Waals surface area contributed by atoms with Crippen molar-refractivity contribution in [1.82, 2.24) is 19.9 Å². The quantitative estimate of drug-likeness (QED) is 0.715. The molecular formula is C13H13N5. The van der Waals surface area contributed by atoms with Gasteiger partial charge in [0.2, 0.25) is 5.95 Å². The van der Waals surface area contributed by atoms with E-state index in [0.717, 1.165) is 11.2 Å². The Morgan fingerprint density at radius 1 is 1.17 bits per heavy atom.